The van der Waals surface area contributed by atoms with Gasteiger partial charge in [-0.05, 0) is 12.3 Å². The molecule has 8 nitrogen and oxygen atoms in total. The van der Waals surface area contributed by atoms with Crippen molar-refractivity contribution >= 4 is 39.5 Å². The van der Waals surface area contributed by atoms with Gasteiger partial charge >= 0.3 is 5.97 Å². The topological polar surface area (TPSA) is 109 Å². The Labute approximate surface area is 154 Å². The number of para-hydroxylation sites is 1. The van der Waals surface area contributed by atoms with Crippen LogP contribution in [0.3, 0.4) is 0 Å². The van der Waals surface area contributed by atoms with Gasteiger partial charge in [0.25, 0.3) is 5.56 Å². The van der Waals surface area contributed by atoms with Gasteiger partial charge in [-0.15, -0.1) is 0 Å². The van der Waals surface area contributed by atoms with Crippen LogP contribution in [0.5, 0.6) is 0 Å². The van der Waals surface area contributed by atoms with Crippen molar-refractivity contribution in [3.63, 3.8) is 0 Å². The molecule has 0 atom stereocenters. The maximum atomic E-state index is 12.6. The minimum Gasteiger partial charge on any atom is -0.465 e. The molecule has 1 aromatic heterocycles. The highest BCUT2D eigenvalue weighted by Crippen LogP contribution is 2.25. The molecule has 0 aliphatic carbocycles. The molecule has 0 aliphatic rings. The van der Waals surface area contributed by atoms with E-state index in [0.717, 1.165) is 5.39 Å². The van der Waals surface area contributed by atoms with Crippen LogP contribution in [-0.4, -0.2) is 42.2 Å². The number of nitrogens with one attached hydrogen (secondary N) is 2. The van der Waals surface area contributed by atoms with E-state index in [1.54, 1.807) is 13.3 Å². The average Bonchev–Trinajstić information content (AvgIpc) is 2.67. The van der Waals surface area contributed by atoms with Crippen LogP contribution in [0.25, 0.3) is 10.9 Å². The maximum Gasteiger partial charge on any atom is 0.345 e. The number of aromatic nitrogens is 1. The Morgan fingerprint density at radius 1 is 1.42 bits per heavy atom. The monoisotopic (exact) mass is 373 g/mol. The number of carbonyl (C=O) groups excluding carboxylic acids is 1. The SMILES string of the molecule is COC(=O)c1c(NCCN=C(NC#N)SC)c2ccccc2n(C)c1=O. The number of rotatable bonds is 5. The minimum absolute atomic E-state index is 0.0436. The molecule has 26 heavy (non-hydrogen) atoms. The lowest BCUT2D eigenvalue weighted by Crippen LogP contribution is -2.28. The summed E-state index contributed by atoms with van der Waals surface area (Å²) in [6.45, 7) is 0.729. The summed E-state index contributed by atoms with van der Waals surface area (Å²) in [6.07, 6.45) is 3.63. The second-order valence-corrected chi connectivity index (χ2v) is 5.97. The predicted octanol–water partition coefficient (Wildman–Crippen LogP) is 1.53. The number of carbonyl (C=O) groups is 1. The predicted molar refractivity (Wildman–Crippen MR) is 104 cm³/mol. The Balaban J connectivity index is 2.42. The van der Waals surface area contributed by atoms with Crippen LogP contribution in [0.1, 0.15) is 10.4 Å². The number of nitrogens with zero attached hydrogens (tertiary/aromatic N) is 3. The number of pyridine rings is 1. The summed E-state index contributed by atoms with van der Waals surface area (Å²) in [5.41, 5.74) is 0.646. The molecule has 1 aromatic carbocycles. The van der Waals surface area contributed by atoms with Crippen molar-refractivity contribution < 1.29 is 9.53 Å². The maximum absolute atomic E-state index is 12.6. The number of methoxy groups -OCH3 is 1. The number of hydrogen-bond donors (Lipinski definition) is 2. The summed E-state index contributed by atoms with van der Waals surface area (Å²) in [5, 5.41) is 15.5. The molecule has 0 aliphatic heterocycles. The van der Waals surface area contributed by atoms with Crippen LogP contribution in [0, 0.1) is 11.5 Å². The first-order valence-electron chi connectivity index (χ1n) is 7.72. The Morgan fingerprint density at radius 3 is 2.81 bits per heavy atom. The van der Waals surface area contributed by atoms with Crippen LogP contribution in [0.2, 0.25) is 0 Å². The van der Waals surface area contributed by atoms with E-state index in [-0.39, 0.29) is 5.56 Å². The lowest BCUT2D eigenvalue weighted by atomic mass is 10.1. The first kappa shape index (κ1) is 19.3. The van der Waals surface area contributed by atoms with Gasteiger partial charge < -0.3 is 14.6 Å². The van der Waals surface area contributed by atoms with E-state index >= 15 is 0 Å². The van der Waals surface area contributed by atoms with Crippen LogP contribution >= 0.6 is 11.8 Å². The Kier molecular flexibility index (Phi) is 6.63. The molecule has 136 valence electrons. The van der Waals surface area contributed by atoms with E-state index in [2.05, 4.69) is 15.6 Å². The van der Waals surface area contributed by atoms with Crippen molar-refractivity contribution in [1.82, 2.24) is 9.88 Å². The van der Waals surface area contributed by atoms with Gasteiger partial charge in [-0.25, -0.2) is 4.79 Å². The van der Waals surface area contributed by atoms with E-state index in [1.165, 1.54) is 23.4 Å². The largest absolute Gasteiger partial charge is 0.465 e. The zero-order valence-electron chi connectivity index (χ0n) is 14.7. The highest BCUT2D eigenvalue weighted by atomic mass is 32.2. The third-order valence-corrected chi connectivity index (χ3v) is 4.34. The van der Waals surface area contributed by atoms with E-state index in [1.807, 2.05) is 30.5 Å². The number of aryl methyl sites for hydroxylation is 1. The molecule has 0 unspecified atom stereocenters. The molecular formula is C17H19N5O3S. The van der Waals surface area contributed by atoms with Gasteiger partial charge in [0.05, 0.1) is 24.9 Å². The fourth-order valence-electron chi connectivity index (χ4n) is 2.51. The summed E-state index contributed by atoms with van der Waals surface area (Å²) < 4.78 is 6.21. The lowest BCUT2D eigenvalue weighted by Gasteiger charge is -2.15. The summed E-state index contributed by atoms with van der Waals surface area (Å²) >= 11 is 1.32. The van der Waals surface area contributed by atoms with Crippen LogP contribution in [0.15, 0.2) is 34.1 Å². The molecule has 2 rings (SSSR count). The zero-order valence-corrected chi connectivity index (χ0v) is 15.5. The average molecular weight is 373 g/mol. The number of nitriles is 1. The van der Waals surface area contributed by atoms with Crippen LogP contribution < -0.4 is 16.2 Å². The van der Waals surface area contributed by atoms with Crippen molar-refractivity contribution in [2.24, 2.45) is 12.0 Å². The summed E-state index contributed by atoms with van der Waals surface area (Å²) in [7, 11) is 2.85. The summed E-state index contributed by atoms with van der Waals surface area (Å²) in [4.78, 5) is 29.0. The number of fused-ring (bicyclic) bond motifs is 1. The fraction of sp³-hybridized carbons (Fsp3) is 0.294. The highest BCUT2D eigenvalue weighted by molar-refractivity contribution is 8.13. The highest BCUT2D eigenvalue weighted by Gasteiger charge is 2.21. The Hall–Kier alpha value is -2.99. The van der Waals surface area contributed by atoms with E-state index in [9.17, 15) is 9.59 Å². The molecule has 0 saturated heterocycles. The van der Waals surface area contributed by atoms with Crippen molar-refractivity contribution in [2.75, 3.05) is 31.8 Å². The number of benzene rings is 1. The molecule has 2 N–H and O–H groups in total. The number of amidine groups is 1. The molecule has 0 fully saturated rings. The molecule has 0 radical (unpaired) electrons. The molecule has 1 heterocycles. The number of anilines is 1. The molecule has 0 bridgehead atoms. The molecule has 2 aromatic rings. The molecular weight excluding hydrogens is 354 g/mol. The van der Waals surface area contributed by atoms with Gasteiger partial charge in [-0.1, -0.05) is 30.0 Å². The third kappa shape index (κ3) is 3.97. The van der Waals surface area contributed by atoms with Gasteiger partial charge in [0.15, 0.2) is 11.4 Å². The Morgan fingerprint density at radius 2 is 2.15 bits per heavy atom. The first-order valence-corrected chi connectivity index (χ1v) is 8.95. The van der Waals surface area contributed by atoms with Gasteiger partial charge in [-0.3, -0.25) is 15.1 Å². The van der Waals surface area contributed by atoms with Crippen molar-refractivity contribution in [3.8, 4) is 6.19 Å². The minimum atomic E-state index is -0.696. The molecule has 0 spiro atoms. The lowest BCUT2D eigenvalue weighted by molar-refractivity contribution is 0.0599. The van der Waals surface area contributed by atoms with Gasteiger partial charge in [0, 0.05) is 19.0 Å². The number of aliphatic imine (C=N–C) groups is 1. The van der Waals surface area contributed by atoms with E-state index in [4.69, 9.17) is 10.00 Å². The number of thioether (sulfide) groups is 1. The third-order valence-electron chi connectivity index (χ3n) is 3.72. The van der Waals surface area contributed by atoms with Crippen molar-refractivity contribution in [1.29, 1.82) is 5.26 Å². The normalized spacial score (nSPS) is 11.1. The van der Waals surface area contributed by atoms with Crippen LogP contribution in [0.4, 0.5) is 5.69 Å². The van der Waals surface area contributed by atoms with E-state index in [0.29, 0.717) is 29.5 Å². The standard InChI is InChI=1S/C17H19N5O3S/c1-22-12-7-5-4-6-11(12)14(13(15(22)23)16(24)25-2)19-8-9-20-17(26-3)21-10-18/h4-7,19H,8-9H2,1-3H3,(H,20,21). The first-order chi connectivity index (χ1) is 12.5. The van der Waals surface area contributed by atoms with E-state index < -0.39 is 11.5 Å². The molecule has 0 saturated carbocycles. The van der Waals surface area contributed by atoms with Crippen molar-refractivity contribution in [3.05, 3.63) is 40.2 Å². The molecule has 9 heteroatoms. The summed E-state index contributed by atoms with van der Waals surface area (Å²) in [5.74, 6) is -0.696. The fourth-order valence-corrected chi connectivity index (χ4v) is 2.88. The number of ether oxygens (including phenoxy) is 1. The second-order valence-electron chi connectivity index (χ2n) is 5.18. The second kappa shape index (κ2) is 8.92. The smallest absolute Gasteiger partial charge is 0.345 e. The quantitative estimate of drug-likeness (QED) is 0.204. The zero-order chi connectivity index (χ0) is 19.1. The van der Waals surface area contributed by atoms with Crippen LogP contribution in [-0.2, 0) is 11.8 Å². The summed E-state index contributed by atoms with van der Waals surface area (Å²) in [6, 6.07) is 7.30. The molecule has 0 amide bonds. The van der Waals surface area contributed by atoms with Crippen molar-refractivity contribution in [2.45, 2.75) is 0 Å². The Bertz CT molecular complexity index is 946. The number of esters is 1. The van der Waals surface area contributed by atoms with Gasteiger partial charge in [0.2, 0.25) is 0 Å². The van der Waals surface area contributed by atoms with Gasteiger partial charge in [-0.2, -0.15) is 5.26 Å². The van der Waals surface area contributed by atoms with Gasteiger partial charge in [0.1, 0.15) is 5.56 Å². The number of hydrogen-bond acceptors (Lipinski definition) is 7.